The van der Waals surface area contributed by atoms with Gasteiger partial charge < -0.3 is 19.7 Å². The molecule has 1 aromatic heterocycles. The summed E-state index contributed by atoms with van der Waals surface area (Å²) < 4.78 is 10.7. The number of hydrogen-bond acceptors (Lipinski definition) is 4. The number of urea groups is 1. The molecule has 0 spiro atoms. The van der Waals surface area contributed by atoms with Crippen LogP contribution in [0, 0.1) is 0 Å². The summed E-state index contributed by atoms with van der Waals surface area (Å²) in [5.74, 6) is 0.740. The second kappa shape index (κ2) is 7.83. The minimum atomic E-state index is -0.117. The number of pyridine rings is 1. The molecular weight excluding hydrogens is 270 g/mol. The van der Waals surface area contributed by atoms with Crippen molar-refractivity contribution >= 4 is 6.03 Å². The van der Waals surface area contributed by atoms with Gasteiger partial charge in [0.2, 0.25) is 0 Å². The smallest absolute Gasteiger partial charge is 0.317 e. The van der Waals surface area contributed by atoms with Crippen LogP contribution in [0.3, 0.4) is 0 Å². The molecule has 0 unspecified atom stereocenters. The van der Waals surface area contributed by atoms with Gasteiger partial charge in [0.05, 0.1) is 25.5 Å². The molecule has 116 valence electrons. The third-order valence-corrected chi connectivity index (χ3v) is 3.52. The van der Waals surface area contributed by atoms with E-state index in [-0.39, 0.29) is 12.1 Å². The van der Waals surface area contributed by atoms with E-state index in [9.17, 15) is 4.79 Å². The van der Waals surface area contributed by atoms with E-state index in [1.54, 1.807) is 31.3 Å². The largest absolute Gasteiger partial charge is 0.497 e. The van der Waals surface area contributed by atoms with Crippen LogP contribution < -0.4 is 10.1 Å². The molecule has 1 aliphatic rings. The Labute approximate surface area is 125 Å². The Morgan fingerprint density at radius 1 is 1.57 bits per heavy atom. The fraction of sp³-hybridized carbons (Fsp3) is 0.600. The van der Waals surface area contributed by atoms with Crippen LogP contribution >= 0.6 is 0 Å². The van der Waals surface area contributed by atoms with Crippen molar-refractivity contribution in [2.75, 3.05) is 27.3 Å². The molecule has 2 heterocycles. The average Bonchev–Trinajstić information content (AvgIpc) is 2.53. The van der Waals surface area contributed by atoms with Crippen molar-refractivity contribution in [3.05, 3.63) is 24.0 Å². The highest BCUT2D eigenvalue weighted by Gasteiger charge is 2.16. The van der Waals surface area contributed by atoms with Gasteiger partial charge in [-0.3, -0.25) is 4.98 Å². The van der Waals surface area contributed by atoms with Crippen molar-refractivity contribution < 1.29 is 14.3 Å². The Morgan fingerprint density at radius 2 is 2.43 bits per heavy atom. The molecular formula is C15H23N3O3. The fourth-order valence-electron chi connectivity index (χ4n) is 2.29. The highest BCUT2D eigenvalue weighted by Crippen LogP contribution is 2.13. The standard InChI is InChI=1S/C15H23N3O3/c1-18(11-12-9-13(20-2)6-7-16-12)15(19)17-10-14-5-3-4-8-21-14/h6-7,9,14H,3-5,8,10-11H2,1-2H3,(H,17,19)/t14-/m0/s1. The molecule has 1 atom stereocenters. The van der Waals surface area contributed by atoms with Gasteiger partial charge in [-0.05, 0) is 25.3 Å². The van der Waals surface area contributed by atoms with E-state index >= 15 is 0 Å². The monoisotopic (exact) mass is 293 g/mol. The Morgan fingerprint density at radius 3 is 3.14 bits per heavy atom. The van der Waals surface area contributed by atoms with Gasteiger partial charge >= 0.3 is 6.03 Å². The Hall–Kier alpha value is -1.82. The minimum absolute atomic E-state index is 0.117. The number of aromatic nitrogens is 1. The van der Waals surface area contributed by atoms with Crippen molar-refractivity contribution in [2.45, 2.75) is 31.9 Å². The summed E-state index contributed by atoms with van der Waals surface area (Å²) in [6.45, 7) is 1.80. The molecule has 2 rings (SSSR count). The van der Waals surface area contributed by atoms with Gasteiger partial charge in [0.1, 0.15) is 5.75 Å². The number of hydrogen-bond donors (Lipinski definition) is 1. The second-order valence-corrected chi connectivity index (χ2v) is 5.22. The maximum Gasteiger partial charge on any atom is 0.317 e. The van der Waals surface area contributed by atoms with Gasteiger partial charge in [-0.25, -0.2) is 4.79 Å². The molecule has 1 saturated heterocycles. The Bertz CT molecular complexity index is 461. The molecule has 0 aliphatic carbocycles. The molecule has 0 aromatic carbocycles. The lowest BCUT2D eigenvalue weighted by Crippen LogP contribution is -2.42. The maximum absolute atomic E-state index is 12.0. The zero-order valence-electron chi connectivity index (χ0n) is 12.7. The van der Waals surface area contributed by atoms with Crippen LogP contribution in [-0.4, -0.2) is 49.3 Å². The average molecular weight is 293 g/mol. The van der Waals surface area contributed by atoms with Crippen LogP contribution in [0.1, 0.15) is 25.0 Å². The first-order chi connectivity index (χ1) is 10.2. The summed E-state index contributed by atoms with van der Waals surface area (Å²) in [4.78, 5) is 17.9. The van der Waals surface area contributed by atoms with Crippen molar-refractivity contribution in [3.8, 4) is 5.75 Å². The van der Waals surface area contributed by atoms with Crippen LogP contribution in [0.2, 0.25) is 0 Å². The quantitative estimate of drug-likeness (QED) is 0.899. The van der Waals surface area contributed by atoms with E-state index in [0.717, 1.165) is 30.9 Å². The number of ether oxygens (including phenoxy) is 2. The minimum Gasteiger partial charge on any atom is -0.497 e. The first kappa shape index (κ1) is 15.6. The normalized spacial score (nSPS) is 18.1. The molecule has 1 aromatic rings. The second-order valence-electron chi connectivity index (χ2n) is 5.22. The molecule has 0 bridgehead atoms. The van der Waals surface area contributed by atoms with Crippen LogP contribution in [0.25, 0.3) is 0 Å². The van der Waals surface area contributed by atoms with E-state index in [4.69, 9.17) is 9.47 Å². The summed E-state index contributed by atoms with van der Waals surface area (Å²) in [6.07, 6.45) is 5.12. The van der Waals surface area contributed by atoms with Gasteiger partial charge in [-0.15, -0.1) is 0 Å². The van der Waals surface area contributed by atoms with Gasteiger partial charge in [0.15, 0.2) is 0 Å². The maximum atomic E-state index is 12.0. The molecule has 21 heavy (non-hydrogen) atoms. The Kier molecular flexibility index (Phi) is 5.80. The van der Waals surface area contributed by atoms with Crippen LogP contribution in [0.5, 0.6) is 5.75 Å². The van der Waals surface area contributed by atoms with Crippen LogP contribution in [0.15, 0.2) is 18.3 Å². The summed E-state index contributed by atoms with van der Waals surface area (Å²) in [7, 11) is 3.36. The topological polar surface area (TPSA) is 63.7 Å². The molecule has 0 saturated carbocycles. The third kappa shape index (κ3) is 4.90. The molecule has 1 fully saturated rings. The molecule has 6 nitrogen and oxygen atoms in total. The van der Waals surface area contributed by atoms with E-state index < -0.39 is 0 Å². The number of carbonyl (C=O) groups is 1. The number of methoxy groups -OCH3 is 1. The predicted molar refractivity (Wildman–Crippen MR) is 79.2 cm³/mol. The van der Waals surface area contributed by atoms with Gasteiger partial charge in [-0.1, -0.05) is 0 Å². The first-order valence-corrected chi connectivity index (χ1v) is 7.28. The van der Waals surface area contributed by atoms with Gasteiger partial charge in [-0.2, -0.15) is 0 Å². The van der Waals surface area contributed by atoms with Crippen molar-refractivity contribution in [1.29, 1.82) is 0 Å². The van der Waals surface area contributed by atoms with E-state index in [1.807, 2.05) is 6.07 Å². The highest BCUT2D eigenvalue weighted by molar-refractivity contribution is 5.73. The number of nitrogens with zero attached hydrogens (tertiary/aromatic N) is 2. The fourth-order valence-corrected chi connectivity index (χ4v) is 2.29. The van der Waals surface area contributed by atoms with E-state index in [0.29, 0.717) is 13.1 Å². The Balaban J connectivity index is 1.78. The zero-order valence-corrected chi connectivity index (χ0v) is 12.7. The van der Waals surface area contributed by atoms with Gasteiger partial charge in [0, 0.05) is 32.5 Å². The van der Waals surface area contributed by atoms with Crippen molar-refractivity contribution in [1.82, 2.24) is 15.2 Å². The summed E-state index contributed by atoms with van der Waals surface area (Å²) in [6, 6.07) is 3.49. The van der Waals surface area contributed by atoms with Crippen molar-refractivity contribution in [3.63, 3.8) is 0 Å². The lowest BCUT2D eigenvalue weighted by atomic mass is 10.1. The third-order valence-electron chi connectivity index (χ3n) is 3.52. The molecule has 1 aliphatic heterocycles. The van der Waals surface area contributed by atoms with Crippen molar-refractivity contribution in [2.24, 2.45) is 0 Å². The summed E-state index contributed by atoms with van der Waals surface area (Å²) >= 11 is 0. The number of carbonyl (C=O) groups excluding carboxylic acids is 1. The SMILES string of the molecule is COc1ccnc(CN(C)C(=O)NC[C@@H]2CCCCO2)c1. The molecule has 1 N–H and O–H groups in total. The van der Waals surface area contributed by atoms with Gasteiger partial charge in [0.25, 0.3) is 0 Å². The van der Waals surface area contributed by atoms with E-state index in [2.05, 4.69) is 10.3 Å². The number of amides is 2. The number of rotatable bonds is 5. The summed E-state index contributed by atoms with van der Waals surface area (Å²) in [5, 5.41) is 2.90. The first-order valence-electron chi connectivity index (χ1n) is 7.28. The summed E-state index contributed by atoms with van der Waals surface area (Å²) in [5.41, 5.74) is 0.793. The lowest BCUT2D eigenvalue weighted by molar-refractivity contribution is 0.0178. The molecule has 6 heteroatoms. The molecule has 0 radical (unpaired) electrons. The lowest BCUT2D eigenvalue weighted by Gasteiger charge is -2.24. The van der Waals surface area contributed by atoms with Crippen LogP contribution in [0.4, 0.5) is 4.79 Å². The zero-order chi connectivity index (χ0) is 15.1. The number of nitrogens with one attached hydrogen (secondary N) is 1. The van der Waals surface area contributed by atoms with E-state index in [1.165, 1.54) is 6.42 Å². The predicted octanol–water partition coefficient (Wildman–Crippen LogP) is 1.80. The van der Waals surface area contributed by atoms with Crippen LogP contribution in [-0.2, 0) is 11.3 Å². The molecule has 2 amide bonds. The highest BCUT2D eigenvalue weighted by atomic mass is 16.5.